The zero-order chi connectivity index (χ0) is 15.8. The summed E-state index contributed by atoms with van der Waals surface area (Å²) in [7, 11) is 0. The first kappa shape index (κ1) is 16.3. The molecule has 0 spiro atoms. The molecule has 22 heavy (non-hydrogen) atoms. The van der Waals surface area contributed by atoms with Gasteiger partial charge in [-0.15, -0.1) is 11.3 Å². The Morgan fingerprint density at radius 1 is 1.36 bits per heavy atom. The first-order valence-corrected chi connectivity index (χ1v) is 7.99. The molecule has 4 nitrogen and oxygen atoms in total. The SMILES string of the molecule is CC(NC(=O)NCCCOc1cccc(F)c1)c1cccs1. The number of halogens is 1. The Kier molecular flexibility index (Phi) is 6.21. The minimum Gasteiger partial charge on any atom is -0.493 e. The molecule has 1 aromatic heterocycles. The van der Waals surface area contributed by atoms with Crippen molar-refractivity contribution in [2.75, 3.05) is 13.2 Å². The third kappa shape index (κ3) is 5.37. The van der Waals surface area contributed by atoms with Crippen LogP contribution in [0.5, 0.6) is 5.75 Å². The fourth-order valence-electron chi connectivity index (χ4n) is 1.88. The van der Waals surface area contributed by atoms with Gasteiger partial charge in [0.25, 0.3) is 0 Å². The van der Waals surface area contributed by atoms with Gasteiger partial charge in [0.1, 0.15) is 11.6 Å². The summed E-state index contributed by atoms with van der Waals surface area (Å²) in [4.78, 5) is 12.8. The summed E-state index contributed by atoms with van der Waals surface area (Å²) in [6, 6.07) is 9.74. The normalized spacial score (nSPS) is 11.7. The topological polar surface area (TPSA) is 50.4 Å². The Balaban J connectivity index is 1.59. The second-order valence-corrected chi connectivity index (χ2v) is 5.78. The molecule has 0 aliphatic carbocycles. The van der Waals surface area contributed by atoms with Gasteiger partial charge in [0.15, 0.2) is 0 Å². The minimum absolute atomic E-state index is 0.0106. The van der Waals surface area contributed by atoms with Gasteiger partial charge in [-0.3, -0.25) is 0 Å². The second-order valence-electron chi connectivity index (χ2n) is 4.80. The van der Waals surface area contributed by atoms with Crippen LogP contribution in [0.15, 0.2) is 41.8 Å². The van der Waals surface area contributed by atoms with Crippen LogP contribution in [-0.2, 0) is 0 Å². The van der Waals surface area contributed by atoms with Gasteiger partial charge in [0, 0.05) is 17.5 Å². The van der Waals surface area contributed by atoms with Gasteiger partial charge >= 0.3 is 6.03 Å². The van der Waals surface area contributed by atoms with Crippen molar-refractivity contribution in [2.24, 2.45) is 0 Å². The maximum atomic E-state index is 12.9. The van der Waals surface area contributed by atoms with Crippen molar-refractivity contribution >= 4 is 17.4 Å². The molecule has 0 aliphatic rings. The molecule has 6 heteroatoms. The average molecular weight is 322 g/mol. The van der Waals surface area contributed by atoms with E-state index in [2.05, 4.69) is 10.6 Å². The van der Waals surface area contributed by atoms with Crippen molar-refractivity contribution in [3.05, 3.63) is 52.5 Å². The highest BCUT2D eigenvalue weighted by atomic mass is 32.1. The maximum Gasteiger partial charge on any atom is 0.315 e. The van der Waals surface area contributed by atoms with E-state index < -0.39 is 0 Å². The number of hydrogen-bond acceptors (Lipinski definition) is 3. The van der Waals surface area contributed by atoms with Gasteiger partial charge in [-0.25, -0.2) is 9.18 Å². The van der Waals surface area contributed by atoms with Crippen LogP contribution < -0.4 is 15.4 Å². The molecule has 0 saturated heterocycles. The second kappa shape index (κ2) is 8.38. The van der Waals surface area contributed by atoms with Crippen molar-refractivity contribution in [1.29, 1.82) is 0 Å². The van der Waals surface area contributed by atoms with Gasteiger partial charge in [-0.2, -0.15) is 0 Å². The molecule has 2 N–H and O–H groups in total. The molecule has 0 saturated carbocycles. The zero-order valence-corrected chi connectivity index (χ0v) is 13.2. The van der Waals surface area contributed by atoms with Crippen LogP contribution >= 0.6 is 11.3 Å². The molecule has 0 bridgehead atoms. The number of amides is 2. The number of urea groups is 1. The number of rotatable bonds is 7. The molecule has 1 unspecified atom stereocenters. The van der Waals surface area contributed by atoms with E-state index in [-0.39, 0.29) is 17.9 Å². The van der Waals surface area contributed by atoms with Crippen molar-refractivity contribution in [3.63, 3.8) is 0 Å². The predicted octanol–water partition coefficient (Wildman–Crippen LogP) is 3.72. The zero-order valence-electron chi connectivity index (χ0n) is 12.3. The first-order chi connectivity index (χ1) is 10.6. The molecule has 2 amide bonds. The summed E-state index contributed by atoms with van der Waals surface area (Å²) in [6.45, 7) is 2.86. The van der Waals surface area contributed by atoms with Gasteiger partial charge in [0.05, 0.1) is 12.6 Å². The third-order valence-electron chi connectivity index (χ3n) is 2.99. The van der Waals surface area contributed by atoms with E-state index in [1.165, 1.54) is 12.1 Å². The van der Waals surface area contributed by atoms with Crippen LogP contribution in [0.25, 0.3) is 0 Å². The highest BCUT2D eigenvalue weighted by molar-refractivity contribution is 7.10. The van der Waals surface area contributed by atoms with Crippen LogP contribution in [0, 0.1) is 5.82 Å². The first-order valence-electron chi connectivity index (χ1n) is 7.11. The molecule has 1 atom stereocenters. The summed E-state index contributed by atoms with van der Waals surface area (Å²) in [5, 5.41) is 7.62. The molecule has 0 radical (unpaired) electrons. The van der Waals surface area contributed by atoms with E-state index in [0.717, 1.165) is 4.88 Å². The summed E-state index contributed by atoms with van der Waals surface area (Å²) < 4.78 is 18.3. The van der Waals surface area contributed by atoms with Crippen molar-refractivity contribution in [2.45, 2.75) is 19.4 Å². The quantitative estimate of drug-likeness (QED) is 0.763. The number of carbonyl (C=O) groups excluding carboxylic acids is 1. The summed E-state index contributed by atoms with van der Waals surface area (Å²) in [6.07, 6.45) is 0.650. The Hall–Kier alpha value is -2.08. The van der Waals surface area contributed by atoms with E-state index in [9.17, 15) is 9.18 Å². The smallest absolute Gasteiger partial charge is 0.315 e. The van der Waals surface area contributed by atoms with Crippen LogP contribution in [0.1, 0.15) is 24.3 Å². The molecule has 0 aliphatic heterocycles. The third-order valence-corrected chi connectivity index (χ3v) is 4.04. The lowest BCUT2D eigenvalue weighted by Gasteiger charge is -2.13. The number of carbonyl (C=O) groups is 1. The lowest BCUT2D eigenvalue weighted by Crippen LogP contribution is -2.37. The van der Waals surface area contributed by atoms with E-state index in [4.69, 9.17) is 4.74 Å². The van der Waals surface area contributed by atoms with E-state index in [0.29, 0.717) is 25.3 Å². The van der Waals surface area contributed by atoms with Gasteiger partial charge in [0.2, 0.25) is 0 Å². The standard InChI is InChI=1S/C16H19FN2O2S/c1-12(15-7-3-10-22-15)19-16(20)18-8-4-9-21-14-6-2-5-13(17)11-14/h2-3,5-7,10-12H,4,8-9H2,1H3,(H2,18,19,20). The number of benzene rings is 1. The fourth-order valence-corrected chi connectivity index (χ4v) is 2.61. The molecule has 1 aromatic carbocycles. The van der Waals surface area contributed by atoms with Crippen molar-refractivity contribution < 1.29 is 13.9 Å². The Morgan fingerprint density at radius 3 is 2.95 bits per heavy atom. The molecule has 2 rings (SSSR count). The maximum absolute atomic E-state index is 12.9. The average Bonchev–Trinajstić information content (AvgIpc) is 3.01. The summed E-state index contributed by atoms with van der Waals surface area (Å²) in [5.41, 5.74) is 0. The summed E-state index contributed by atoms with van der Waals surface area (Å²) >= 11 is 1.61. The van der Waals surface area contributed by atoms with E-state index >= 15 is 0 Å². The molecular formula is C16H19FN2O2S. The number of hydrogen-bond donors (Lipinski definition) is 2. The molecular weight excluding hydrogens is 303 g/mol. The lowest BCUT2D eigenvalue weighted by atomic mass is 10.3. The van der Waals surface area contributed by atoms with Crippen LogP contribution in [0.4, 0.5) is 9.18 Å². The van der Waals surface area contributed by atoms with Crippen LogP contribution in [-0.4, -0.2) is 19.2 Å². The summed E-state index contributed by atoms with van der Waals surface area (Å²) in [5.74, 6) is 0.174. The fraction of sp³-hybridized carbons (Fsp3) is 0.312. The molecule has 1 heterocycles. The number of ether oxygens (including phenoxy) is 1. The largest absolute Gasteiger partial charge is 0.493 e. The number of thiophene rings is 1. The van der Waals surface area contributed by atoms with Crippen molar-refractivity contribution in [1.82, 2.24) is 10.6 Å². The van der Waals surface area contributed by atoms with E-state index in [1.54, 1.807) is 23.5 Å². The van der Waals surface area contributed by atoms with Crippen molar-refractivity contribution in [3.8, 4) is 5.75 Å². The Bertz CT molecular complexity index is 590. The Morgan fingerprint density at radius 2 is 2.23 bits per heavy atom. The predicted molar refractivity (Wildman–Crippen MR) is 85.8 cm³/mol. The highest BCUT2D eigenvalue weighted by Crippen LogP contribution is 2.17. The molecule has 0 fully saturated rings. The van der Waals surface area contributed by atoms with E-state index in [1.807, 2.05) is 24.4 Å². The number of nitrogens with one attached hydrogen (secondary N) is 2. The van der Waals surface area contributed by atoms with Gasteiger partial charge in [-0.05, 0) is 36.9 Å². The molecule has 2 aromatic rings. The Labute approximate surface area is 133 Å². The van der Waals surface area contributed by atoms with Crippen LogP contribution in [0.3, 0.4) is 0 Å². The highest BCUT2D eigenvalue weighted by Gasteiger charge is 2.09. The van der Waals surface area contributed by atoms with Gasteiger partial charge in [-0.1, -0.05) is 12.1 Å². The van der Waals surface area contributed by atoms with Gasteiger partial charge < -0.3 is 15.4 Å². The van der Waals surface area contributed by atoms with Crippen LogP contribution in [0.2, 0.25) is 0 Å². The molecule has 118 valence electrons. The lowest BCUT2D eigenvalue weighted by molar-refractivity contribution is 0.236. The monoisotopic (exact) mass is 322 g/mol. The minimum atomic E-state index is -0.322.